The number of benzene rings is 1. The standard InChI is InChI=1S/C18H18ClN3O3/c1-3-6-13-9-12(10-15(16(13)23)25-4-2)11-21-22-18(24)14-7-5-8-20-17(14)19/h3,5,7-11,23H,1,4,6H2,2H3,(H,22,24). The Hall–Kier alpha value is -2.86. The highest BCUT2D eigenvalue weighted by molar-refractivity contribution is 6.32. The zero-order valence-corrected chi connectivity index (χ0v) is 14.5. The molecule has 0 unspecified atom stereocenters. The molecule has 1 aromatic heterocycles. The Morgan fingerprint density at radius 1 is 1.52 bits per heavy atom. The molecule has 130 valence electrons. The minimum atomic E-state index is -0.468. The van der Waals surface area contributed by atoms with Crippen LogP contribution < -0.4 is 10.2 Å². The molecular weight excluding hydrogens is 342 g/mol. The molecule has 1 aromatic carbocycles. The summed E-state index contributed by atoms with van der Waals surface area (Å²) in [5.74, 6) is -0.0421. The van der Waals surface area contributed by atoms with Crippen molar-refractivity contribution < 1.29 is 14.6 Å². The summed E-state index contributed by atoms with van der Waals surface area (Å²) in [7, 11) is 0. The number of hydrogen-bond acceptors (Lipinski definition) is 5. The SMILES string of the molecule is C=CCc1cc(C=NNC(=O)c2cccnc2Cl)cc(OCC)c1O. The minimum absolute atomic E-state index is 0.0741. The summed E-state index contributed by atoms with van der Waals surface area (Å²) in [6.45, 7) is 5.91. The van der Waals surface area contributed by atoms with Crippen molar-refractivity contribution in [3.05, 3.63) is 65.0 Å². The molecule has 2 aromatic rings. The van der Waals surface area contributed by atoms with Crippen LogP contribution in [0.3, 0.4) is 0 Å². The molecule has 1 heterocycles. The van der Waals surface area contributed by atoms with Gasteiger partial charge in [-0.05, 0) is 43.2 Å². The molecule has 2 N–H and O–H groups in total. The number of carbonyl (C=O) groups excluding carboxylic acids is 1. The van der Waals surface area contributed by atoms with Gasteiger partial charge in [0, 0.05) is 11.8 Å². The number of nitrogens with zero attached hydrogens (tertiary/aromatic N) is 2. The van der Waals surface area contributed by atoms with Crippen LogP contribution in [-0.4, -0.2) is 28.8 Å². The van der Waals surface area contributed by atoms with E-state index in [0.29, 0.717) is 29.9 Å². The van der Waals surface area contributed by atoms with Crippen molar-refractivity contribution in [1.82, 2.24) is 10.4 Å². The van der Waals surface area contributed by atoms with E-state index in [0.717, 1.165) is 0 Å². The van der Waals surface area contributed by atoms with Crippen LogP contribution in [0.25, 0.3) is 0 Å². The molecule has 0 saturated carbocycles. The van der Waals surface area contributed by atoms with Crippen LogP contribution in [-0.2, 0) is 6.42 Å². The van der Waals surface area contributed by atoms with E-state index in [-0.39, 0.29) is 16.5 Å². The summed E-state index contributed by atoms with van der Waals surface area (Å²) >= 11 is 5.87. The molecule has 2 rings (SSSR count). The van der Waals surface area contributed by atoms with E-state index < -0.39 is 5.91 Å². The number of halogens is 1. The van der Waals surface area contributed by atoms with Gasteiger partial charge < -0.3 is 9.84 Å². The number of phenolic OH excluding ortho intramolecular Hbond substituents is 1. The molecule has 0 bridgehead atoms. The molecule has 6 nitrogen and oxygen atoms in total. The molecule has 0 radical (unpaired) electrons. The monoisotopic (exact) mass is 359 g/mol. The second-order valence-electron chi connectivity index (χ2n) is 4.99. The predicted molar refractivity (Wildman–Crippen MR) is 97.5 cm³/mol. The molecule has 0 atom stereocenters. The summed E-state index contributed by atoms with van der Waals surface area (Å²) in [6.07, 6.45) is 5.11. The first-order valence-electron chi connectivity index (χ1n) is 7.60. The van der Waals surface area contributed by atoms with Gasteiger partial charge in [0.05, 0.1) is 18.4 Å². The molecule has 0 saturated heterocycles. The number of hydrogen-bond donors (Lipinski definition) is 2. The highest BCUT2D eigenvalue weighted by atomic mass is 35.5. The molecule has 25 heavy (non-hydrogen) atoms. The Morgan fingerprint density at radius 2 is 2.32 bits per heavy atom. The number of hydrazone groups is 1. The number of amides is 1. The van der Waals surface area contributed by atoms with Crippen molar-refractivity contribution in [2.45, 2.75) is 13.3 Å². The lowest BCUT2D eigenvalue weighted by Crippen LogP contribution is -2.18. The van der Waals surface area contributed by atoms with Gasteiger partial charge >= 0.3 is 0 Å². The topological polar surface area (TPSA) is 83.8 Å². The average molecular weight is 360 g/mol. The number of carbonyl (C=O) groups is 1. The van der Waals surface area contributed by atoms with Crippen LogP contribution in [0, 0.1) is 0 Å². The van der Waals surface area contributed by atoms with Crippen LogP contribution in [0.2, 0.25) is 5.15 Å². The van der Waals surface area contributed by atoms with Crippen molar-refractivity contribution in [1.29, 1.82) is 0 Å². The number of rotatable bonds is 7. The van der Waals surface area contributed by atoms with Crippen molar-refractivity contribution >= 4 is 23.7 Å². The maximum atomic E-state index is 12.0. The van der Waals surface area contributed by atoms with Crippen LogP contribution in [0.5, 0.6) is 11.5 Å². The average Bonchev–Trinajstić information content (AvgIpc) is 2.59. The maximum Gasteiger partial charge on any atom is 0.274 e. The summed E-state index contributed by atoms with van der Waals surface area (Å²) in [6, 6.07) is 6.54. The first kappa shape index (κ1) is 18.5. The van der Waals surface area contributed by atoms with E-state index >= 15 is 0 Å². The van der Waals surface area contributed by atoms with Gasteiger partial charge in [0.15, 0.2) is 11.5 Å². The van der Waals surface area contributed by atoms with E-state index in [1.165, 1.54) is 12.4 Å². The van der Waals surface area contributed by atoms with E-state index in [4.69, 9.17) is 16.3 Å². The van der Waals surface area contributed by atoms with Gasteiger partial charge in [-0.1, -0.05) is 17.7 Å². The lowest BCUT2D eigenvalue weighted by atomic mass is 10.1. The van der Waals surface area contributed by atoms with Gasteiger partial charge in [-0.2, -0.15) is 5.10 Å². The Morgan fingerprint density at radius 3 is 3.00 bits per heavy atom. The summed E-state index contributed by atoms with van der Waals surface area (Å²) < 4.78 is 5.42. The number of aromatic nitrogens is 1. The third kappa shape index (κ3) is 4.81. The van der Waals surface area contributed by atoms with Crippen LogP contribution in [0.15, 0.2) is 48.2 Å². The molecule has 0 fully saturated rings. The number of nitrogens with one attached hydrogen (secondary N) is 1. The minimum Gasteiger partial charge on any atom is -0.504 e. The first-order valence-corrected chi connectivity index (χ1v) is 7.98. The van der Waals surface area contributed by atoms with Gasteiger partial charge in [-0.25, -0.2) is 10.4 Å². The molecule has 7 heteroatoms. The number of aromatic hydroxyl groups is 1. The van der Waals surface area contributed by atoms with E-state index in [1.54, 1.807) is 30.3 Å². The normalized spacial score (nSPS) is 10.6. The van der Waals surface area contributed by atoms with Crippen molar-refractivity contribution in [3.8, 4) is 11.5 Å². The number of pyridine rings is 1. The van der Waals surface area contributed by atoms with Gasteiger partial charge in [0.2, 0.25) is 0 Å². The van der Waals surface area contributed by atoms with E-state index in [9.17, 15) is 9.90 Å². The van der Waals surface area contributed by atoms with E-state index in [2.05, 4.69) is 22.1 Å². The van der Waals surface area contributed by atoms with Gasteiger partial charge in [0.1, 0.15) is 5.15 Å². The second kappa shape index (κ2) is 8.84. The van der Waals surface area contributed by atoms with Crippen molar-refractivity contribution in [2.75, 3.05) is 6.61 Å². The third-order valence-electron chi connectivity index (χ3n) is 3.22. The van der Waals surface area contributed by atoms with Crippen molar-refractivity contribution in [2.24, 2.45) is 5.10 Å². The van der Waals surface area contributed by atoms with Crippen LogP contribution in [0.1, 0.15) is 28.4 Å². The summed E-state index contributed by atoms with van der Waals surface area (Å²) in [5, 5.41) is 14.2. The van der Waals surface area contributed by atoms with E-state index in [1.807, 2.05) is 6.92 Å². The Labute approximate surface area is 150 Å². The molecule has 0 spiro atoms. The lowest BCUT2D eigenvalue weighted by molar-refractivity contribution is 0.0955. The zero-order chi connectivity index (χ0) is 18.2. The second-order valence-corrected chi connectivity index (χ2v) is 5.35. The molecule has 0 aliphatic heterocycles. The van der Waals surface area contributed by atoms with Crippen molar-refractivity contribution in [3.63, 3.8) is 0 Å². The molecule has 0 aliphatic rings. The largest absolute Gasteiger partial charge is 0.504 e. The lowest BCUT2D eigenvalue weighted by Gasteiger charge is -2.10. The van der Waals surface area contributed by atoms with Gasteiger partial charge in [0.25, 0.3) is 5.91 Å². The molecule has 1 amide bonds. The van der Waals surface area contributed by atoms with Gasteiger partial charge in [-0.3, -0.25) is 4.79 Å². The Bertz CT molecular complexity index is 806. The quantitative estimate of drug-likeness (QED) is 0.344. The summed E-state index contributed by atoms with van der Waals surface area (Å²) in [5.41, 5.74) is 3.94. The smallest absolute Gasteiger partial charge is 0.274 e. The van der Waals surface area contributed by atoms with Crippen LogP contribution in [0.4, 0.5) is 0 Å². The van der Waals surface area contributed by atoms with Crippen LogP contribution >= 0.6 is 11.6 Å². The third-order valence-corrected chi connectivity index (χ3v) is 3.52. The number of phenols is 1. The Balaban J connectivity index is 2.18. The first-order chi connectivity index (χ1) is 12.1. The Kier molecular flexibility index (Phi) is 6.54. The molecular formula is C18H18ClN3O3. The fourth-order valence-electron chi connectivity index (χ4n) is 2.12. The number of ether oxygens (including phenoxy) is 1. The summed E-state index contributed by atoms with van der Waals surface area (Å²) in [4.78, 5) is 15.9. The molecule has 0 aliphatic carbocycles. The fourth-order valence-corrected chi connectivity index (χ4v) is 2.33. The predicted octanol–water partition coefficient (Wildman–Crippen LogP) is 3.33. The zero-order valence-electron chi connectivity index (χ0n) is 13.7. The highest BCUT2D eigenvalue weighted by Gasteiger charge is 2.11. The van der Waals surface area contributed by atoms with Gasteiger partial charge in [-0.15, -0.1) is 6.58 Å². The fraction of sp³-hybridized carbons (Fsp3) is 0.167. The maximum absolute atomic E-state index is 12.0. The number of allylic oxidation sites excluding steroid dienone is 1. The highest BCUT2D eigenvalue weighted by Crippen LogP contribution is 2.31.